The molecule has 1 aromatic carbocycles. The van der Waals surface area contributed by atoms with Gasteiger partial charge in [0.05, 0.1) is 36.7 Å². The van der Waals surface area contributed by atoms with E-state index in [0.29, 0.717) is 46.9 Å². The Morgan fingerprint density at radius 1 is 1.14 bits per heavy atom. The number of nitrogens with one attached hydrogen (secondary N) is 1. The van der Waals surface area contributed by atoms with E-state index in [9.17, 15) is 8.42 Å². The van der Waals surface area contributed by atoms with Gasteiger partial charge in [0.1, 0.15) is 28.8 Å². The summed E-state index contributed by atoms with van der Waals surface area (Å²) in [6.45, 7) is 7.75. The first-order valence-corrected chi connectivity index (χ1v) is 13.7. The molecular formula is C24H31ClN6O5S. The fraction of sp³-hybridized carbons (Fsp3) is 0.500. The molecule has 3 atom stereocenters. The molecule has 1 aliphatic heterocycles. The van der Waals surface area contributed by atoms with Crippen LogP contribution in [0.2, 0.25) is 5.02 Å². The van der Waals surface area contributed by atoms with Crippen LogP contribution in [-0.4, -0.2) is 64.8 Å². The van der Waals surface area contributed by atoms with E-state index < -0.39 is 21.2 Å². The summed E-state index contributed by atoms with van der Waals surface area (Å²) >= 11 is 5.89. The van der Waals surface area contributed by atoms with Crippen molar-refractivity contribution in [1.82, 2.24) is 24.7 Å². The van der Waals surface area contributed by atoms with E-state index in [1.165, 1.54) is 26.6 Å². The Kier molecular flexibility index (Phi) is 7.63. The summed E-state index contributed by atoms with van der Waals surface area (Å²) in [4.78, 5) is 8.37. The molecule has 37 heavy (non-hydrogen) atoms. The third kappa shape index (κ3) is 5.51. The average Bonchev–Trinajstić information content (AvgIpc) is 3.44. The topological polar surface area (TPSA) is 130 Å². The van der Waals surface area contributed by atoms with Crippen molar-refractivity contribution in [2.24, 2.45) is 0 Å². The molecule has 0 radical (unpaired) electrons. The van der Waals surface area contributed by atoms with Crippen LogP contribution in [0.15, 0.2) is 30.6 Å². The molecule has 3 heterocycles. The molecule has 2 unspecified atom stereocenters. The second-order valence-corrected chi connectivity index (χ2v) is 12.1. The van der Waals surface area contributed by atoms with Gasteiger partial charge < -0.3 is 14.2 Å². The highest BCUT2D eigenvalue weighted by Gasteiger charge is 2.38. The molecule has 2 aromatic heterocycles. The predicted molar refractivity (Wildman–Crippen MR) is 139 cm³/mol. The van der Waals surface area contributed by atoms with Crippen molar-refractivity contribution in [3.8, 4) is 17.2 Å². The van der Waals surface area contributed by atoms with Gasteiger partial charge in [-0.15, -0.1) is 10.2 Å². The summed E-state index contributed by atoms with van der Waals surface area (Å²) in [5, 5.41) is 8.12. The van der Waals surface area contributed by atoms with Gasteiger partial charge in [0.15, 0.2) is 0 Å². The van der Waals surface area contributed by atoms with Crippen molar-refractivity contribution in [2.75, 3.05) is 25.5 Å². The second kappa shape index (κ2) is 10.4. The molecule has 0 spiro atoms. The number of halogens is 1. The summed E-state index contributed by atoms with van der Waals surface area (Å²) in [5.74, 6) is 1.18. The summed E-state index contributed by atoms with van der Waals surface area (Å²) < 4.78 is 48.6. The molecule has 0 saturated carbocycles. The predicted octanol–water partition coefficient (Wildman–Crippen LogP) is 3.94. The number of ether oxygens (including phenoxy) is 3. The number of rotatable bonds is 9. The van der Waals surface area contributed by atoms with Crippen molar-refractivity contribution in [1.29, 1.82) is 0 Å². The SMILES string of the molecule is COc1cccc(OC)c1-n1c(NS(=O)(=O)C(C)C(C)c2ncc(Cl)cn2)nnc1[C@H]1COC(C)(C)C1. The van der Waals surface area contributed by atoms with Crippen LogP contribution < -0.4 is 14.2 Å². The van der Waals surface area contributed by atoms with Gasteiger partial charge in [-0.25, -0.2) is 18.4 Å². The minimum Gasteiger partial charge on any atom is -0.494 e. The van der Waals surface area contributed by atoms with Crippen LogP contribution in [0.4, 0.5) is 5.95 Å². The fourth-order valence-electron chi connectivity index (χ4n) is 4.36. The van der Waals surface area contributed by atoms with Gasteiger partial charge in [-0.05, 0) is 39.3 Å². The molecule has 1 N–H and O–H groups in total. The number of sulfonamides is 1. The lowest BCUT2D eigenvalue weighted by Crippen LogP contribution is -2.31. The molecule has 4 rings (SSSR count). The first-order valence-electron chi connectivity index (χ1n) is 11.8. The molecule has 1 fully saturated rings. The van der Waals surface area contributed by atoms with Crippen molar-refractivity contribution in [3.63, 3.8) is 0 Å². The number of nitrogens with zero attached hydrogens (tertiary/aromatic N) is 5. The fourth-order valence-corrected chi connectivity index (χ4v) is 5.69. The number of hydrogen-bond acceptors (Lipinski definition) is 9. The summed E-state index contributed by atoms with van der Waals surface area (Å²) in [6.07, 6.45) is 3.56. The maximum absolute atomic E-state index is 13.5. The highest BCUT2D eigenvalue weighted by Crippen LogP contribution is 2.41. The first-order chi connectivity index (χ1) is 17.5. The Morgan fingerprint density at radius 3 is 2.30 bits per heavy atom. The second-order valence-electron chi connectivity index (χ2n) is 9.60. The van der Waals surface area contributed by atoms with E-state index in [2.05, 4.69) is 24.9 Å². The van der Waals surface area contributed by atoms with Gasteiger partial charge in [0.25, 0.3) is 0 Å². The highest BCUT2D eigenvalue weighted by molar-refractivity contribution is 7.93. The number of benzene rings is 1. The van der Waals surface area contributed by atoms with Crippen molar-refractivity contribution in [3.05, 3.63) is 47.3 Å². The number of para-hydroxylation sites is 1. The summed E-state index contributed by atoms with van der Waals surface area (Å²) in [5.41, 5.74) is 0.130. The van der Waals surface area contributed by atoms with Crippen LogP contribution in [0.25, 0.3) is 5.69 Å². The standard InChI is InChI=1S/C24H31ClN6O5S/c1-14(21-26-11-17(25)12-27-21)15(2)37(32,33)30-23-29-28-22(16-10-24(3,4)36-13-16)31(23)20-18(34-5)8-7-9-19(20)35-6/h7-9,11-12,14-16H,10,13H2,1-6H3,(H,29,30)/t14?,15?,16-/m1/s1. The zero-order valence-electron chi connectivity index (χ0n) is 21.6. The van der Waals surface area contributed by atoms with Crippen LogP contribution in [0.3, 0.4) is 0 Å². The van der Waals surface area contributed by atoms with Crippen molar-refractivity contribution < 1.29 is 22.6 Å². The minimum atomic E-state index is -3.97. The Labute approximate surface area is 221 Å². The van der Waals surface area contributed by atoms with Gasteiger partial charge in [-0.2, -0.15) is 0 Å². The largest absolute Gasteiger partial charge is 0.494 e. The molecule has 11 nitrogen and oxygen atoms in total. The van der Waals surface area contributed by atoms with Crippen LogP contribution in [-0.2, 0) is 14.8 Å². The third-order valence-electron chi connectivity index (χ3n) is 6.57. The van der Waals surface area contributed by atoms with E-state index >= 15 is 0 Å². The molecule has 1 saturated heterocycles. The Bertz CT molecular complexity index is 1340. The Hall–Kier alpha value is -2.96. The van der Waals surface area contributed by atoms with Crippen molar-refractivity contribution >= 4 is 27.6 Å². The smallest absolute Gasteiger partial charge is 0.243 e. The average molecular weight is 551 g/mol. The summed E-state index contributed by atoms with van der Waals surface area (Å²) in [6, 6.07) is 5.31. The maximum Gasteiger partial charge on any atom is 0.243 e. The molecule has 0 amide bonds. The number of hydrogen-bond donors (Lipinski definition) is 1. The van der Waals surface area contributed by atoms with Gasteiger partial charge in [-0.1, -0.05) is 24.6 Å². The lowest BCUT2D eigenvalue weighted by molar-refractivity contribution is 0.0360. The lowest BCUT2D eigenvalue weighted by atomic mass is 9.97. The van der Waals surface area contributed by atoms with Crippen LogP contribution >= 0.6 is 11.6 Å². The quantitative estimate of drug-likeness (QED) is 0.420. The van der Waals surface area contributed by atoms with Gasteiger partial charge in [0, 0.05) is 24.2 Å². The zero-order chi connectivity index (χ0) is 27.0. The lowest BCUT2D eigenvalue weighted by Gasteiger charge is -2.22. The molecule has 0 aliphatic carbocycles. The van der Waals surface area contributed by atoms with Gasteiger partial charge >= 0.3 is 0 Å². The van der Waals surface area contributed by atoms with Gasteiger partial charge in [-0.3, -0.25) is 9.29 Å². The zero-order valence-corrected chi connectivity index (χ0v) is 23.2. The molecule has 13 heteroatoms. The molecule has 200 valence electrons. The highest BCUT2D eigenvalue weighted by atomic mass is 35.5. The molecule has 0 bridgehead atoms. The van der Waals surface area contributed by atoms with Crippen LogP contribution in [0.1, 0.15) is 57.6 Å². The monoisotopic (exact) mass is 550 g/mol. The molecule has 3 aromatic rings. The maximum atomic E-state index is 13.5. The first kappa shape index (κ1) is 27.1. The normalized spacial score (nSPS) is 18.8. The van der Waals surface area contributed by atoms with E-state index in [4.69, 9.17) is 25.8 Å². The van der Waals surface area contributed by atoms with E-state index in [1.54, 1.807) is 36.6 Å². The third-order valence-corrected chi connectivity index (χ3v) is 8.62. The van der Waals surface area contributed by atoms with E-state index in [0.717, 1.165) is 0 Å². The molecular weight excluding hydrogens is 520 g/mol. The molecule has 1 aliphatic rings. The van der Waals surface area contributed by atoms with E-state index in [-0.39, 0.29) is 17.5 Å². The summed E-state index contributed by atoms with van der Waals surface area (Å²) in [7, 11) is -0.910. The van der Waals surface area contributed by atoms with Gasteiger partial charge in [0.2, 0.25) is 16.0 Å². The van der Waals surface area contributed by atoms with Crippen LogP contribution in [0.5, 0.6) is 11.5 Å². The Morgan fingerprint density at radius 2 is 1.76 bits per heavy atom. The van der Waals surface area contributed by atoms with Crippen LogP contribution in [0, 0.1) is 0 Å². The van der Waals surface area contributed by atoms with E-state index in [1.807, 2.05) is 13.8 Å². The van der Waals surface area contributed by atoms with Crippen molar-refractivity contribution in [2.45, 2.75) is 56.8 Å². The minimum absolute atomic E-state index is 0.0126. The Balaban J connectivity index is 1.78. The number of aromatic nitrogens is 5. The number of anilines is 1. The number of methoxy groups -OCH3 is 2.